The van der Waals surface area contributed by atoms with Gasteiger partial charge >= 0.3 is 0 Å². The summed E-state index contributed by atoms with van der Waals surface area (Å²) in [5.41, 5.74) is 2.86. The minimum atomic E-state index is -0.0136. The summed E-state index contributed by atoms with van der Waals surface area (Å²) in [5, 5.41) is 8.12. The molecule has 4 nitrogen and oxygen atoms in total. The fraction of sp³-hybridized carbons (Fsp3) is 0.333. The second-order valence-corrected chi connectivity index (χ2v) is 8.57. The summed E-state index contributed by atoms with van der Waals surface area (Å²) in [6.07, 6.45) is 5.32. The maximum Gasteiger partial charge on any atom is 0.230 e. The van der Waals surface area contributed by atoms with Crippen molar-refractivity contribution < 1.29 is 4.79 Å². The molecule has 0 saturated carbocycles. The Morgan fingerprint density at radius 1 is 1.04 bits per heavy atom. The summed E-state index contributed by atoms with van der Waals surface area (Å²) >= 11 is 3.27. The summed E-state index contributed by atoms with van der Waals surface area (Å²) < 4.78 is 0. The van der Waals surface area contributed by atoms with Gasteiger partial charge in [-0.3, -0.25) is 4.79 Å². The molecule has 2 aromatic heterocycles. The van der Waals surface area contributed by atoms with E-state index in [9.17, 15) is 4.79 Å². The van der Waals surface area contributed by atoms with Crippen LogP contribution in [-0.4, -0.2) is 24.0 Å². The maximum atomic E-state index is 12.6. The maximum absolute atomic E-state index is 12.6. The van der Waals surface area contributed by atoms with Gasteiger partial charge < -0.3 is 10.2 Å². The quantitative estimate of drug-likeness (QED) is 0.624. The number of anilines is 2. The number of carbonyl (C=O) groups excluding carboxylic acids is 1. The molecule has 3 aromatic rings. The second kappa shape index (κ2) is 8.67. The highest BCUT2D eigenvalue weighted by molar-refractivity contribution is 7.20. The van der Waals surface area contributed by atoms with E-state index in [-0.39, 0.29) is 5.91 Å². The zero-order valence-electron chi connectivity index (χ0n) is 15.2. The number of para-hydroxylation sites is 2. The van der Waals surface area contributed by atoms with Crippen molar-refractivity contribution in [2.24, 2.45) is 0 Å². The Kier molecular flexibility index (Phi) is 5.84. The smallest absolute Gasteiger partial charge is 0.230 e. The standard InChI is InChI=1S/C21H23N3OS2/c25-20(14-16-15-27-21(22-16)19-10-7-13-26-19)23-17-8-3-4-9-18(17)24-11-5-1-2-6-12-24/h3-4,7-10,13,15H,1-2,5-6,11-12,14H2,(H,23,25). The molecule has 27 heavy (non-hydrogen) atoms. The van der Waals surface area contributed by atoms with E-state index in [1.165, 1.54) is 25.7 Å². The fourth-order valence-electron chi connectivity index (χ4n) is 3.43. The molecule has 0 bridgehead atoms. The van der Waals surface area contributed by atoms with E-state index < -0.39 is 0 Å². The Morgan fingerprint density at radius 3 is 2.63 bits per heavy atom. The van der Waals surface area contributed by atoms with Gasteiger partial charge in [-0.1, -0.05) is 31.0 Å². The Bertz CT molecular complexity index is 880. The molecule has 3 heterocycles. The topological polar surface area (TPSA) is 45.2 Å². The molecule has 0 unspecified atom stereocenters. The van der Waals surface area contributed by atoms with Crippen LogP contribution in [0.25, 0.3) is 9.88 Å². The van der Waals surface area contributed by atoms with Crippen LogP contribution in [0.2, 0.25) is 0 Å². The largest absolute Gasteiger partial charge is 0.370 e. The molecule has 1 N–H and O–H groups in total. The van der Waals surface area contributed by atoms with Crippen molar-refractivity contribution in [2.45, 2.75) is 32.1 Å². The van der Waals surface area contributed by atoms with E-state index in [0.717, 1.165) is 40.0 Å². The number of amides is 1. The van der Waals surface area contributed by atoms with E-state index in [2.05, 4.69) is 27.3 Å². The molecule has 0 aliphatic carbocycles. The normalized spacial score (nSPS) is 14.7. The average Bonchev–Trinajstić information content (AvgIpc) is 3.29. The molecule has 0 radical (unpaired) electrons. The summed E-state index contributed by atoms with van der Waals surface area (Å²) in [4.78, 5) is 20.8. The lowest BCUT2D eigenvalue weighted by Gasteiger charge is -2.25. The van der Waals surface area contributed by atoms with E-state index in [1.807, 2.05) is 35.0 Å². The minimum absolute atomic E-state index is 0.0136. The Balaban J connectivity index is 1.44. The third-order valence-electron chi connectivity index (χ3n) is 4.75. The molecule has 1 aliphatic rings. The van der Waals surface area contributed by atoms with Crippen LogP contribution in [0.4, 0.5) is 11.4 Å². The van der Waals surface area contributed by atoms with Crippen molar-refractivity contribution >= 4 is 40.0 Å². The minimum Gasteiger partial charge on any atom is -0.370 e. The first-order chi connectivity index (χ1) is 13.3. The number of carbonyl (C=O) groups is 1. The number of hydrogen-bond donors (Lipinski definition) is 1. The van der Waals surface area contributed by atoms with Crippen LogP contribution in [0.3, 0.4) is 0 Å². The Hall–Kier alpha value is -2.18. The highest BCUT2D eigenvalue weighted by Gasteiger charge is 2.16. The van der Waals surface area contributed by atoms with Gasteiger partial charge in [-0.25, -0.2) is 4.98 Å². The van der Waals surface area contributed by atoms with E-state index in [4.69, 9.17) is 0 Å². The molecule has 1 aromatic carbocycles. The van der Waals surface area contributed by atoms with E-state index in [0.29, 0.717) is 6.42 Å². The first kappa shape index (κ1) is 18.2. The van der Waals surface area contributed by atoms with Crippen LogP contribution in [-0.2, 0) is 11.2 Å². The second-order valence-electron chi connectivity index (χ2n) is 6.76. The van der Waals surface area contributed by atoms with Crippen molar-refractivity contribution in [3.05, 3.63) is 52.9 Å². The molecule has 0 spiro atoms. The lowest BCUT2D eigenvalue weighted by Crippen LogP contribution is -2.26. The average molecular weight is 398 g/mol. The lowest BCUT2D eigenvalue weighted by atomic mass is 10.2. The van der Waals surface area contributed by atoms with Gasteiger partial charge in [0.2, 0.25) is 5.91 Å². The van der Waals surface area contributed by atoms with Gasteiger partial charge in [-0.15, -0.1) is 22.7 Å². The van der Waals surface area contributed by atoms with Gasteiger partial charge in [0.05, 0.1) is 28.4 Å². The van der Waals surface area contributed by atoms with E-state index in [1.54, 1.807) is 22.7 Å². The van der Waals surface area contributed by atoms with Crippen LogP contribution in [0.5, 0.6) is 0 Å². The van der Waals surface area contributed by atoms with Crippen LogP contribution < -0.4 is 10.2 Å². The third kappa shape index (κ3) is 4.57. The summed E-state index contributed by atoms with van der Waals surface area (Å²) in [6.45, 7) is 2.12. The van der Waals surface area contributed by atoms with Crippen molar-refractivity contribution in [1.82, 2.24) is 4.98 Å². The van der Waals surface area contributed by atoms with Crippen LogP contribution in [0.15, 0.2) is 47.2 Å². The molecular formula is C21H23N3OS2. The number of nitrogens with zero attached hydrogens (tertiary/aromatic N) is 2. The predicted octanol–water partition coefficient (Wildman–Crippen LogP) is 5.43. The number of thiazole rings is 1. The molecule has 1 aliphatic heterocycles. The van der Waals surface area contributed by atoms with Crippen LogP contribution in [0, 0.1) is 0 Å². The van der Waals surface area contributed by atoms with Crippen molar-refractivity contribution in [3.63, 3.8) is 0 Å². The van der Waals surface area contributed by atoms with Crippen molar-refractivity contribution in [3.8, 4) is 9.88 Å². The number of benzene rings is 1. The third-order valence-corrected chi connectivity index (χ3v) is 6.68. The highest BCUT2D eigenvalue weighted by atomic mass is 32.1. The van der Waals surface area contributed by atoms with Crippen LogP contribution in [0.1, 0.15) is 31.4 Å². The Morgan fingerprint density at radius 2 is 1.85 bits per heavy atom. The monoisotopic (exact) mass is 397 g/mol. The van der Waals surface area contributed by atoms with Gasteiger partial charge in [0, 0.05) is 18.5 Å². The zero-order chi connectivity index (χ0) is 18.5. The number of hydrogen-bond acceptors (Lipinski definition) is 5. The molecular weight excluding hydrogens is 374 g/mol. The van der Waals surface area contributed by atoms with E-state index >= 15 is 0 Å². The number of rotatable bonds is 5. The van der Waals surface area contributed by atoms with Gasteiger partial charge in [0.25, 0.3) is 0 Å². The Labute approximate surface area is 167 Å². The van der Waals surface area contributed by atoms with Crippen LogP contribution >= 0.6 is 22.7 Å². The summed E-state index contributed by atoms with van der Waals surface area (Å²) in [7, 11) is 0. The van der Waals surface area contributed by atoms with Gasteiger partial charge in [0.1, 0.15) is 5.01 Å². The first-order valence-electron chi connectivity index (χ1n) is 9.42. The molecule has 4 rings (SSSR count). The summed E-state index contributed by atoms with van der Waals surface area (Å²) in [6, 6.07) is 12.2. The highest BCUT2D eigenvalue weighted by Crippen LogP contribution is 2.29. The number of aromatic nitrogens is 1. The molecule has 6 heteroatoms. The molecule has 1 fully saturated rings. The van der Waals surface area contributed by atoms with Crippen molar-refractivity contribution in [2.75, 3.05) is 23.3 Å². The number of nitrogens with one attached hydrogen (secondary N) is 1. The predicted molar refractivity (Wildman–Crippen MR) is 115 cm³/mol. The fourth-order valence-corrected chi connectivity index (χ4v) is 5.06. The van der Waals surface area contributed by atoms with Crippen molar-refractivity contribution in [1.29, 1.82) is 0 Å². The first-order valence-corrected chi connectivity index (χ1v) is 11.2. The number of thiophene rings is 1. The van der Waals surface area contributed by atoms with Gasteiger partial charge in [0.15, 0.2) is 0 Å². The zero-order valence-corrected chi connectivity index (χ0v) is 16.8. The van der Waals surface area contributed by atoms with Gasteiger partial charge in [-0.05, 0) is 36.4 Å². The SMILES string of the molecule is O=C(Cc1csc(-c2cccs2)n1)Nc1ccccc1N1CCCCCC1. The molecule has 0 atom stereocenters. The molecule has 1 saturated heterocycles. The lowest BCUT2D eigenvalue weighted by molar-refractivity contribution is -0.115. The summed E-state index contributed by atoms with van der Waals surface area (Å²) in [5.74, 6) is -0.0136. The molecule has 1 amide bonds. The van der Waals surface area contributed by atoms with Gasteiger partial charge in [-0.2, -0.15) is 0 Å². The molecule has 140 valence electrons.